The Morgan fingerprint density at radius 3 is 2.64 bits per heavy atom. The van der Waals surface area contributed by atoms with Gasteiger partial charge < -0.3 is 0 Å². The first-order chi connectivity index (χ1) is 5.27. The number of rotatable bonds is 1. The van der Waals surface area contributed by atoms with Crippen molar-refractivity contribution in [2.45, 2.75) is 32.6 Å². The third kappa shape index (κ3) is 1.30. The molecule has 0 heterocycles. The summed E-state index contributed by atoms with van der Waals surface area (Å²) in [5.41, 5.74) is 4.16. The molecule has 0 spiro atoms. The first kappa shape index (κ1) is 6.90. The molecule has 0 nitrogen and oxygen atoms in total. The molecule has 0 atom stereocenters. The van der Waals surface area contributed by atoms with Crippen LogP contribution in [0.2, 0.25) is 0 Å². The van der Waals surface area contributed by atoms with Gasteiger partial charge in [0.2, 0.25) is 0 Å². The first-order valence-corrected chi connectivity index (χ1v) is 4.26. The van der Waals surface area contributed by atoms with Gasteiger partial charge in [0, 0.05) is 0 Å². The highest BCUT2D eigenvalue weighted by molar-refractivity contribution is 5.32. The van der Waals surface area contributed by atoms with Crippen LogP contribution in [-0.4, -0.2) is 0 Å². The number of benzene rings is 1. The van der Waals surface area contributed by atoms with E-state index >= 15 is 0 Å². The van der Waals surface area contributed by atoms with E-state index in [0.29, 0.717) is 0 Å². The van der Waals surface area contributed by atoms with E-state index in [1.54, 1.807) is 0 Å². The van der Waals surface area contributed by atoms with Gasteiger partial charge in [-0.15, -0.1) is 0 Å². The summed E-state index contributed by atoms with van der Waals surface area (Å²) < 4.78 is 0. The van der Waals surface area contributed by atoms with E-state index in [-0.39, 0.29) is 0 Å². The molecular weight excluding hydrogens is 132 g/mol. The zero-order valence-corrected chi connectivity index (χ0v) is 7.15. The van der Waals surface area contributed by atoms with Gasteiger partial charge in [-0.05, 0) is 55.4 Å². The van der Waals surface area contributed by atoms with Crippen molar-refractivity contribution in [3.05, 3.63) is 34.9 Å². The van der Waals surface area contributed by atoms with E-state index in [2.05, 4.69) is 32.0 Å². The van der Waals surface area contributed by atoms with Gasteiger partial charge in [-0.3, -0.25) is 0 Å². The van der Waals surface area contributed by atoms with Gasteiger partial charge in [0.05, 0.1) is 0 Å². The lowest BCUT2D eigenvalue weighted by Crippen LogP contribution is -1.84. The topological polar surface area (TPSA) is 0 Å². The Labute approximate surface area is 68.3 Å². The van der Waals surface area contributed by atoms with E-state index in [4.69, 9.17) is 0 Å². The van der Waals surface area contributed by atoms with Crippen LogP contribution >= 0.6 is 0 Å². The van der Waals surface area contributed by atoms with Crippen LogP contribution in [-0.2, 0) is 0 Å². The number of aryl methyl sites for hydroxylation is 2. The largest absolute Gasteiger partial charge is 0.0555 e. The Morgan fingerprint density at radius 1 is 1.36 bits per heavy atom. The fraction of sp³-hybridized carbons (Fsp3) is 0.455. The fourth-order valence-electron chi connectivity index (χ4n) is 1.36. The first-order valence-electron chi connectivity index (χ1n) is 4.26. The molecule has 0 aliphatic heterocycles. The molecule has 0 heteroatoms. The van der Waals surface area contributed by atoms with Gasteiger partial charge >= 0.3 is 0 Å². The zero-order chi connectivity index (χ0) is 7.84. The molecule has 1 aromatic carbocycles. The van der Waals surface area contributed by atoms with E-state index < -0.39 is 0 Å². The standard InChI is InChI=1S/C11H13/c1-8-3-4-11(7-9(8)2)10-5-6-10/h4,7,10H,5-6H2,1-2H3. The highest BCUT2D eigenvalue weighted by Gasteiger charge is 2.23. The lowest BCUT2D eigenvalue weighted by Gasteiger charge is -2.01. The number of hydrogen-bond acceptors (Lipinski definition) is 0. The normalized spacial score (nSPS) is 16.9. The summed E-state index contributed by atoms with van der Waals surface area (Å²) in [6, 6.07) is 7.75. The minimum atomic E-state index is 0.866. The van der Waals surface area contributed by atoms with Gasteiger partial charge in [0.1, 0.15) is 0 Å². The molecule has 1 aliphatic rings. The Balaban J connectivity index is 2.36. The van der Waals surface area contributed by atoms with Crippen LogP contribution < -0.4 is 0 Å². The summed E-state index contributed by atoms with van der Waals surface area (Å²) >= 11 is 0. The van der Waals surface area contributed by atoms with Crippen LogP contribution in [0, 0.1) is 19.9 Å². The van der Waals surface area contributed by atoms with E-state index in [0.717, 1.165) is 5.92 Å². The van der Waals surface area contributed by atoms with E-state index in [1.165, 1.54) is 29.5 Å². The molecule has 0 bridgehead atoms. The fourth-order valence-corrected chi connectivity index (χ4v) is 1.36. The maximum absolute atomic E-state index is 3.29. The summed E-state index contributed by atoms with van der Waals surface area (Å²) in [4.78, 5) is 0. The Kier molecular flexibility index (Phi) is 1.49. The van der Waals surface area contributed by atoms with Crippen LogP contribution in [0.5, 0.6) is 0 Å². The minimum Gasteiger partial charge on any atom is -0.0555 e. The highest BCUT2D eigenvalue weighted by Crippen LogP contribution is 2.40. The molecule has 0 unspecified atom stereocenters. The maximum Gasteiger partial charge on any atom is -0.0146 e. The van der Waals surface area contributed by atoms with Crippen molar-refractivity contribution >= 4 is 0 Å². The van der Waals surface area contributed by atoms with E-state index in [9.17, 15) is 0 Å². The smallest absolute Gasteiger partial charge is 0.0146 e. The second kappa shape index (κ2) is 2.37. The molecule has 0 aromatic heterocycles. The van der Waals surface area contributed by atoms with Gasteiger partial charge in [0.25, 0.3) is 0 Å². The third-order valence-corrected chi connectivity index (χ3v) is 2.48. The molecule has 11 heavy (non-hydrogen) atoms. The van der Waals surface area contributed by atoms with Gasteiger partial charge in [-0.1, -0.05) is 12.1 Å². The SMILES string of the molecule is Cc1[c]cc(C2CC2)cc1C. The molecule has 1 aliphatic carbocycles. The molecular formula is C11H13. The molecule has 0 amide bonds. The van der Waals surface area contributed by atoms with E-state index in [1.807, 2.05) is 0 Å². The van der Waals surface area contributed by atoms with Crippen molar-refractivity contribution in [1.82, 2.24) is 0 Å². The van der Waals surface area contributed by atoms with Crippen LogP contribution in [0.4, 0.5) is 0 Å². The zero-order valence-electron chi connectivity index (χ0n) is 7.15. The summed E-state index contributed by atoms with van der Waals surface area (Å²) in [5, 5.41) is 0. The molecule has 0 saturated heterocycles. The lowest BCUT2D eigenvalue weighted by molar-refractivity contribution is 1.11. The van der Waals surface area contributed by atoms with Crippen LogP contribution in [0.25, 0.3) is 0 Å². The van der Waals surface area contributed by atoms with Crippen molar-refractivity contribution < 1.29 is 0 Å². The van der Waals surface area contributed by atoms with Crippen molar-refractivity contribution in [2.24, 2.45) is 0 Å². The maximum atomic E-state index is 3.29. The quantitative estimate of drug-likeness (QED) is 0.570. The Morgan fingerprint density at radius 2 is 2.09 bits per heavy atom. The third-order valence-electron chi connectivity index (χ3n) is 2.48. The highest BCUT2D eigenvalue weighted by atomic mass is 14.3. The molecule has 1 fully saturated rings. The van der Waals surface area contributed by atoms with Crippen LogP contribution in [0.3, 0.4) is 0 Å². The number of hydrogen-bond donors (Lipinski definition) is 0. The van der Waals surface area contributed by atoms with Crippen LogP contribution in [0.15, 0.2) is 12.1 Å². The Hall–Kier alpha value is -0.780. The van der Waals surface area contributed by atoms with Crippen molar-refractivity contribution in [3.8, 4) is 0 Å². The molecule has 2 rings (SSSR count). The van der Waals surface area contributed by atoms with Gasteiger partial charge in [-0.2, -0.15) is 0 Å². The van der Waals surface area contributed by atoms with Gasteiger partial charge in [0.15, 0.2) is 0 Å². The second-order valence-corrected chi connectivity index (χ2v) is 3.52. The molecule has 57 valence electrons. The van der Waals surface area contributed by atoms with Crippen molar-refractivity contribution in [1.29, 1.82) is 0 Å². The molecule has 1 aromatic rings. The molecule has 1 radical (unpaired) electrons. The second-order valence-electron chi connectivity index (χ2n) is 3.52. The summed E-state index contributed by atoms with van der Waals surface area (Å²) in [7, 11) is 0. The van der Waals surface area contributed by atoms with Crippen molar-refractivity contribution in [2.75, 3.05) is 0 Å². The summed E-state index contributed by atoms with van der Waals surface area (Å²) in [6.45, 7) is 4.28. The average Bonchev–Trinajstić information content (AvgIpc) is 2.77. The predicted octanol–water partition coefficient (Wildman–Crippen LogP) is 2.98. The Bertz CT molecular complexity index is 269. The van der Waals surface area contributed by atoms with Gasteiger partial charge in [-0.25, -0.2) is 0 Å². The predicted molar refractivity (Wildman–Crippen MR) is 46.7 cm³/mol. The molecule has 1 saturated carbocycles. The van der Waals surface area contributed by atoms with Crippen LogP contribution in [0.1, 0.15) is 35.4 Å². The summed E-state index contributed by atoms with van der Waals surface area (Å²) in [6.07, 6.45) is 2.77. The average molecular weight is 145 g/mol. The summed E-state index contributed by atoms with van der Waals surface area (Å²) in [5.74, 6) is 0.866. The van der Waals surface area contributed by atoms with Crippen molar-refractivity contribution in [3.63, 3.8) is 0 Å². The monoisotopic (exact) mass is 145 g/mol. The molecule has 0 N–H and O–H groups in total. The lowest BCUT2D eigenvalue weighted by atomic mass is 10.0. The minimum absolute atomic E-state index is 0.866.